The quantitative estimate of drug-likeness (QED) is 0.537. The SMILES string of the molecule is C=NC(=NC(=C(C)C)c1ccc(C(=O)O)cc1)Nc1cnn(C2CCC(C#N)CC2)c1. The monoisotopic (exact) mass is 418 g/mol. The molecule has 1 aliphatic carbocycles. The van der Waals surface area contributed by atoms with Crippen LogP contribution >= 0.6 is 0 Å². The number of rotatable bonds is 5. The van der Waals surface area contributed by atoms with Crippen LogP contribution in [0.2, 0.25) is 0 Å². The molecule has 1 heterocycles. The first kappa shape index (κ1) is 22.0. The average molecular weight is 419 g/mol. The van der Waals surface area contributed by atoms with Crippen LogP contribution in [-0.2, 0) is 0 Å². The topological polar surface area (TPSA) is 116 Å². The van der Waals surface area contributed by atoms with Gasteiger partial charge in [-0.1, -0.05) is 12.1 Å². The normalized spacial score (nSPS) is 18.7. The summed E-state index contributed by atoms with van der Waals surface area (Å²) in [6, 6.07) is 9.20. The molecule has 1 aromatic heterocycles. The molecule has 0 spiro atoms. The van der Waals surface area contributed by atoms with Gasteiger partial charge in [0, 0.05) is 17.7 Å². The molecule has 0 aliphatic heterocycles. The van der Waals surface area contributed by atoms with E-state index in [-0.39, 0.29) is 11.5 Å². The smallest absolute Gasteiger partial charge is 0.335 e. The highest BCUT2D eigenvalue weighted by molar-refractivity contribution is 5.99. The lowest BCUT2D eigenvalue weighted by atomic mass is 9.87. The second-order valence-electron chi connectivity index (χ2n) is 7.79. The van der Waals surface area contributed by atoms with Crippen molar-refractivity contribution in [3.63, 3.8) is 0 Å². The molecule has 1 saturated carbocycles. The highest BCUT2D eigenvalue weighted by atomic mass is 16.4. The van der Waals surface area contributed by atoms with Gasteiger partial charge >= 0.3 is 5.97 Å². The van der Waals surface area contributed by atoms with Gasteiger partial charge in [-0.2, -0.15) is 10.4 Å². The molecule has 2 aromatic rings. The highest BCUT2D eigenvalue weighted by Gasteiger charge is 2.22. The van der Waals surface area contributed by atoms with Crippen LogP contribution in [0.1, 0.15) is 61.5 Å². The molecule has 0 saturated heterocycles. The Morgan fingerprint density at radius 1 is 1.23 bits per heavy atom. The molecule has 1 fully saturated rings. The molecular weight excluding hydrogens is 392 g/mol. The average Bonchev–Trinajstić information content (AvgIpc) is 3.25. The number of carbonyl (C=O) groups is 1. The Labute approximate surface area is 181 Å². The van der Waals surface area contributed by atoms with Crippen LogP contribution in [0.3, 0.4) is 0 Å². The fourth-order valence-corrected chi connectivity index (χ4v) is 3.65. The molecule has 1 aliphatic rings. The fourth-order valence-electron chi connectivity index (χ4n) is 3.65. The summed E-state index contributed by atoms with van der Waals surface area (Å²) in [5.41, 5.74) is 3.41. The number of hydrogen-bond donors (Lipinski definition) is 2. The largest absolute Gasteiger partial charge is 0.478 e. The first-order valence-corrected chi connectivity index (χ1v) is 10.2. The summed E-state index contributed by atoms with van der Waals surface area (Å²) in [5.74, 6) is -0.492. The van der Waals surface area contributed by atoms with Crippen molar-refractivity contribution in [1.82, 2.24) is 9.78 Å². The number of nitrogens with one attached hydrogen (secondary N) is 1. The molecule has 0 bridgehead atoms. The summed E-state index contributed by atoms with van der Waals surface area (Å²) in [7, 11) is 0. The third kappa shape index (κ3) is 5.45. The first-order chi connectivity index (χ1) is 14.9. The maximum Gasteiger partial charge on any atom is 0.335 e. The zero-order chi connectivity index (χ0) is 22.4. The Bertz CT molecular complexity index is 1050. The van der Waals surface area contributed by atoms with Gasteiger partial charge in [0.05, 0.1) is 35.3 Å². The number of nitriles is 1. The van der Waals surface area contributed by atoms with Crippen molar-refractivity contribution < 1.29 is 9.90 Å². The van der Waals surface area contributed by atoms with Crippen LogP contribution in [0.4, 0.5) is 5.69 Å². The molecule has 0 radical (unpaired) electrons. The third-order valence-electron chi connectivity index (χ3n) is 5.36. The van der Waals surface area contributed by atoms with Gasteiger partial charge in [0.2, 0.25) is 5.96 Å². The van der Waals surface area contributed by atoms with Crippen LogP contribution in [0.5, 0.6) is 0 Å². The number of allylic oxidation sites excluding steroid dienone is 1. The minimum atomic E-state index is -0.970. The Morgan fingerprint density at radius 3 is 2.42 bits per heavy atom. The van der Waals surface area contributed by atoms with E-state index in [1.165, 1.54) is 0 Å². The molecular formula is C23H26N6O2. The third-order valence-corrected chi connectivity index (χ3v) is 5.36. The van der Waals surface area contributed by atoms with E-state index in [2.05, 4.69) is 33.2 Å². The van der Waals surface area contributed by atoms with Gasteiger partial charge in [0.1, 0.15) is 0 Å². The molecule has 1 aromatic carbocycles. The second-order valence-corrected chi connectivity index (χ2v) is 7.79. The van der Waals surface area contributed by atoms with E-state index in [4.69, 9.17) is 10.4 Å². The summed E-state index contributed by atoms with van der Waals surface area (Å²) in [6.07, 6.45) is 7.32. The minimum Gasteiger partial charge on any atom is -0.478 e. The molecule has 0 amide bonds. The molecule has 0 unspecified atom stereocenters. The molecule has 160 valence electrons. The maximum absolute atomic E-state index is 11.1. The zero-order valence-corrected chi connectivity index (χ0v) is 17.7. The van der Waals surface area contributed by atoms with Gasteiger partial charge < -0.3 is 10.4 Å². The van der Waals surface area contributed by atoms with Crippen LogP contribution in [-0.4, -0.2) is 33.5 Å². The van der Waals surface area contributed by atoms with Crippen LogP contribution in [0.25, 0.3) is 5.70 Å². The number of carboxylic acid groups (broad SMARTS) is 1. The standard InChI is InChI=1S/C23H26N6O2/c1-15(2)21(17-6-8-18(9-7-17)22(30)31)28-23(25-3)27-19-13-26-29(14-19)20-10-4-16(12-24)5-11-20/h6-9,13-14,16,20H,3-5,10-11H2,1-2H3,(H,27,28)(H,30,31). The minimum absolute atomic E-state index is 0.153. The number of anilines is 1. The predicted molar refractivity (Wildman–Crippen MR) is 121 cm³/mol. The van der Waals surface area contributed by atoms with E-state index in [9.17, 15) is 4.79 Å². The van der Waals surface area contributed by atoms with Crippen LogP contribution in [0.15, 0.2) is 52.2 Å². The number of nitrogens with zero attached hydrogens (tertiary/aromatic N) is 5. The van der Waals surface area contributed by atoms with Gasteiger partial charge in [0.25, 0.3) is 0 Å². The molecule has 31 heavy (non-hydrogen) atoms. The predicted octanol–water partition coefficient (Wildman–Crippen LogP) is 4.76. The summed E-state index contributed by atoms with van der Waals surface area (Å²) >= 11 is 0. The lowest BCUT2D eigenvalue weighted by molar-refractivity contribution is 0.0697. The lowest BCUT2D eigenvalue weighted by Crippen LogP contribution is -2.17. The molecule has 3 rings (SSSR count). The fraction of sp³-hybridized carbons (Fsp3) is 0.348. The van der Waals surface area contributed by atoms with E-state index in [1.807, 2.05) is 24.7 Å². The first-order valence-electron chi connectivity index (χ1n) is 10.2. The number of aliphatic imine (C=N–C) groups is 2. The van der Waals surface area contributed by atoms with Crippen LogP contribution in [0, 0.1) is 17.2 Å². The number of guanidine groups is 1. The van der Waals surface area contributed by atoms with Gasteiger partial charge in [-0.25, -0.2) is 14.8 Å². The molecule has 0 atom stereocenters. The van der Waals surface area contributed by atoms with Gasteiger partial charge in [-0.05, 0) is 64.0 Å². The van der Waals surface area contributed by atoms with E-state index < -0.39 is 5.97 Å². The van der Waals surface area contributed by atoms with Crippen molar-refractivity contribution in [1.29, 1.82) is 5.26 Å². The van der Waals surface area contributed by atoms with E-state index in [0.29, 0.717) is 17.7 Å². The Kier molecular flexibility index (Phi) is 6.98. The van der Waals surface area contributed by atoms with Crippen molar-refractivity contribution >= 4 is 30.0 Å². The summed E-state index contributed by atoms with van der Waals surface area (Å²) in [6.45, 7) is 7.48. The highest BCUT2D eigenvalue weighted by Crippen LogP contribution is 2.32. The molecule has 2 N–H and O–H groups in total. The second kappa shape index (κ2) is 9.85. The van der Waals surface area contributed by atoms with E-state index in [0.717, 1.165) is 42.5 Å². The Balaban J connectivity index is 1.76. The molecule has 8 heteroatoms. The number of aromatic carboxylic acids is 1. The number of carboxylic acids is 1. The number of benzene rings is 1. The van der Waals surface area contributed by atoms with Crippen molar-refractivity contribution in [3.8, 4) is 6.07 Å². The van der Waals surface area contributed by atoms with Crippen molar-refractivity contribution in [3.05, 3.63) is 53.4 Å². The summed E-state index contributed by atoms with van der Waals surface area (Å²) < 4.78 is 1.93. The van der Waals surface area contributed by atoms with E-state index >= 15 is 0 Å². The molecule has 8 nitrogen and oxygen atoms in total. The van der Waals surface area contributed by atoms with Gasteiger partial charge in [-0.15, -0.1) is 0 Å². The summed E-state index contributed by atoms with van der Waals surface area (Å²) in [4.78, 5) is 19.7. The van der Waals surface area contributed by atoms with Crippen LogP contribution < -0.4 is 5.32 Å². The van der Waals surface area contributed by atoms with E-state index in [1.54, 1.807) is 30.5 Å². The Hall–Kier alpha value is -3.73. The lowest BCUT2D eigenvalue weighted by Gasteiger charge is -2.24. The van der Waals surface area contributed by atoms with Crippen molar-refractivity contribution in [2.24, 2.45) is 15.9 Å². The van der Waals surface area contributed by atoms with Gasteiger partial charge in [-0.3, -0.25) is 4.68 Å². The maximum atomic E-state index is 11.1. The van der Waals surface area contributed by atoms with Gasteiger partial charge in [0.15, 0.2) is 0 Å². The summed E-state index contributed by atoms with van der Waals surface area (Å²) in [5, 5.41) is 25.8. The van der Waals surface area contributed by atoms with Crippen molar-refractivity contribution in [2.75, 3.05) is 5.32 Å². The zero-order valence-electron chi connectivity index (χ0n) is 17.7. The number of aromatic nitrogens is 2. The number of hydrogen-bond acceptors (Lipinski definition) is 4. The Morgan fingerprint density at radius 2 is 1.87 bits per heavy atom. The van der Waals surface area contributed by atoms with Crippen molar-refractivity contribution in [2.45, 2.75) is 45.6 Å².